The highest BCUT2D eigenvalue weighted by Crippen LogP contribution is 2.51. The normalized spacial score (nSPS) is 24.1. The maximum Gasteiger partial charge on any atom is 0.240 e. The minimum atomic E-state index is -0.907. The minimum absolute atomic E-state index is 0.188. The number of fused-ring (bicyclic) bond motifs is 5. The Labute approximate surface area is 230 Å². The minimum Gasteiger partial charge on any atom is -0.352 e. The van der Waals surface area contributed by atoms with Crippen LogP contribution in [-0.4, -0.2) is 29.7 Å². The molecule has 0 saturated carbocycles. The molecule has 3 aliphatic rings. The van der Waals surface area contributed by atoms with Crippen LogP contribution in [0.25, 0.3) is 6.08 Å². The Kier molecular flexibility index (Phi) is 5.76. The number of halogens is 4. The van der Waals surface area contributed by atoms with Crippen molar-refractivity contribution in [1.29, 1.82) is 0 Å². The van der Waals surface area contributed by atoms with Crippen molar-refractivity contribution in [3.63, 3.8) is 0 Å². The molecule has 36 heavy (non-hydrogen) atoms. The van der Waals surface area contributed by atoms with Gasteiger partial charge in [0.25, 0.3) is 0 Å². The molecule has 0 unspecified atom stereocenters. The predicted molar refractivity (Wildman–Crippen MR) is 145 cm³/mol. The maximum atomic E-state index is 14.0. The Morgan fingerprint density at radius 1 is 0.806 bits per heavy atom. The highest BCUT2D eigenvalue weighted by atomic mass is 79.9. The van der Waals surface area contributed by atoms with Gasteiger partial charge in [-0.3, -0.25) is 14.4 Å². The number of carbonyl (C=O) groups is 3. The van der Waals surface area contributed by atoms with Crippen LogP contribution in [0.1, 0.15) is 15.9 Å². The smallest absolute Gasteiger partial charge is 0.240 e. The first kappa shape index (κ1) is 23.7. The molecule has 5 nitrogen and oxygen atoms in total. The summed E-state index contributed by atoms with van der Waals surface area (Å²) in [7, 11) is 0. The van der Waals surface area contributed by atoms with Gasteiger partial charge in [-0.2, -0.15) is 0 Å². The van der Waals surface area contributed by atoms with Gasteiger partial charge in [0.1, 0.15) is 6.04 Å². The molecule has 2 amide bonds. The summed E-state index contributed by atoms with van der Waals surface area (Å²) in [5.74, 6) is -2.77. The third-order valence-corrected chi connectivity index (χ3v) is 8.32. The van der Waals surface area contributed by atoms with Gasteiger partial charge >= 0.3 is 0 Å². The van der Waals surface area contributed by atoms with Crippen molar-refractivity contribution in [1.82, 2.24) is 0 Å². The van der Waals surface area contributed by atoms with Crippen molar-refractivity contribution in [2.24, 2.45) is 11.8 Å². The summed E-state index contributed by atoms with van der Waals surface area (Å²) >= 11 is 22.2. The van der Waals surface area contributed by atoms with Crippen LogP contribution >= 0.6 is 50.7 Å². The molecule has 0 N–H and O–H groups in total. The van der Waals surface area contributed by atoms with Crippen LogP contribution in [-0.2, 0) is 9.59 Å². The van der Waals surface area contributed by atoms with Gasteiger partial charge in [0.2, 0.25) is 11.8 Å². The van der Waals surface area contributed by atoms with Gasteiger partial charge in [-0.25, -0.2) is 4.90 Å². The zero-order chi connectivity index (χ0) is 25.3. The Balaban J connectivity index is 1.51. The number of carbonyl (C=O) groups excluding carboxylic acids is 3. The van der Waals surface area contributed by atoms with Crippen LogP contribution in [0.5, 0.6) is 0 Å². The van der Waals surface area contributed by atoms with E-state index in [-0.39, 0.29) is 16.5 Å². The van der Waals surface area contributed by atoms with Crippen LogP contribution in [0, 0.1) is 11.8 Å². The van der Waals surface area contributed by atoms with E-state index in [1.165, 1.54) is 6.07 Å². The van der Waals surface area contributed by atoms with Crippen LogP contribution in [0.3, 0.4) is 0 Å². The lowest BCUT2D eigenvalue weighted by molar-refractivity contribution is -0.122. The van der Waals surface area contributed by atoms with E-state index in [2.05, 4.69) is 15.9 Å². The summed E-state index contributed by atoms with van der Waals surface area (Å²) in [6.45, 7) is 0. The standard InChI is InChI=1S/C27H16BrCl3N2O3/c28-15-5-1-14(2-6-15)25(34)24-23-22(20-9-4-13-3-7-17(30)12-21(13)32(20)24)26(35)33(27(23)36)19-10-8-16(29)11-18(19)31/h1-12,20,22-24H/t20-,22+,23+,24-/m0/s1. The summed E-state index contributed by atoms with van der Waals surface area (Å²) in [6.07, 6.45) is 3.80. The third-order valence-electron chi connectivity index (χ3n) is 7.02. The third kappa shape index (κ3) is 3.54. The van der Waals surface area contributed by atoms with E-state index < -0.39 is 35.7 Å². The molecule has 0 radical (unpaired) electrons. The summed E-state index contributed by atoms with van der Waals surface area (Å²) in [6, 6.07) is 15.6. The largest absolute Gasteiger partial charge is 0.352 e. The SMILES string of the molecule is O=C(c1ccc(Br)cc1)[C@@H]1[C@@H]2C(=O)N(c3ccc(Cl)cc3Cl)C(=O)[C@@H]2[C@@H]2C=Cc3ccc(Cl)cc3N12. The number of rotatable bonds is 3. The molecule has 180 valence electrons. The fraction of sp³-hybridized carbons (Fsp3) is 0.148. The first-order valence-corrected chi connectivity index (χ1v) is 13.1. The van der Waals surface area contributed by atoms with Crippen molar-refractivity contribution in [2.45, 2.75) is 12.1 Å². The number of amides is 2. The van der Waals surface area contributed by atoms with Crippen molar-refractivity contribution in [3.8, 4) is 0 Å². The second-order valence-electron chi connectivity index (χ2n) is 8.94. The molecule has 2 fully saturated rings. The molecule has 9 heteroatoms. The molecule has 4 atom stereocenters. The number of hydrogen-bond donors (Lipinski definition) is 0. The predicted octanol–water partition coefficient (Wildman–Crippen LogP) is 6.68. The van der Waals surface area contributed by atoms with E-state index in [9.17, 15) is 14.4 Å². The molecule has 0 aliphatic carbocycles. The molecule has 3 heterocycles. The molecular formula is C27H16BrCl3N2O3. The molecule has 0 aromatic heterocycles. The Morgan fingerprint density at radius 2 is 1.47 bits per heavy atom. The first-order valence-electron chi connectivity index (χ1n) is 11.1. The average Bonchev–Trinajstić information content (AvgIpc) is 3.32. The molecule has 0 spiro atoms. The summed E-state index contributed by atoms with van der Waals surface area (Å²) < 4.78 is 0.829. The summed E-state index contributed by atoms with van der Waals surface area (Å²) in [4.78, 5) is 44.8. The van der Waals surface area contributed by atoms with Crippen molar-refractivity contribution >= 4 is 85.8 Å². The van der Waals surface area contributed by atoms with E-state index >= 15 is 0 Å². The van der Waals surface area contributed by atoms with Gasteiger partial charge in [0.05, 0.1) is 28.6 Å². The van der Waals surface area contributed by atoms with Gasteiger partial charge in [0.15, 0.2) is 5.78 Å². The highest BCUT2D eigenvalue weighted by molar-refractivity contribution is 9.10. The maximum absolute atomic E-state index is 14.0. The van der Waals surface area contributed by atoms with E-state index in [1.807, 2.05) is 23.1 Å². The van der Waals surface area contributed by atoms with Gasteiger partial charge in [-0.15, -0.1) is 0 Å². The van der Waals surface area contributed by atoms with E-state index in [0.717, 1.165) is 20.6 Å². The van der Waals surface area contributed by atoms with Gasteiger partial charge < -0.3 is 4.90 Å². The van der Waals surface area contributed by atoms with Crippen LogP contribution in [0.4, 0.5) is 11.4 Å². The molecule has 2 saturated heterocycles. The molecule has 6 rings (SSSR count). The summed E-state index contributed by atoms with van der Waals surface area (Å²) in [5, 5.41) is 1.08. The average molecular weight is 603 g/mol. The fourth-order valence-electron chi connectivity index (χ4n) is 5.52. The molecule has 3 aromatic carbocycles. The number of anilines is 2. The lowest BCUT2D eigenvalue weighted by Crippen LogP contribution is -2.48. The topological polar surface area (TPSA) is 57.7 Å². The highest BCUT2D eigenvalue weighted by Gasteiger charge is 2.64. The van der Waals surface area contributed by atoms with E-state index in [4.69, 9.17) is 34.8 Å². The zero-order valence-electron chi connectivity index (χ0n) is 18.4. The van der Waals surface area contributed by atoms with Crippen LogP contribution < -0.4 is 9.80 Å². The van der Waals surface area contributed by atoms with Crippen molar-refractivity contribution in [3.05, 3.63) is 97.4 Å². The second-order valence-corrected chi connectivity index (χ2v) is 11.1. The number of Topliss-reactive ketones (excluding diaryl/α,β-unsaturated/α-hetero) is 1. The number of benzene rings is 3. The quantitative estimate of drug-likeness (QED) is 0.248. The van der Waals surface area contributed by atoms with Gasteiger partial charge in [-0.05, 0) is 48.0 Å². The lowest BCUT2D eigenvalue weighted by Gasteiger charge is -2.36. The number of ketones is 1. The van der Waals surface area contributed by atoms with Crippen LogP contribution in [0.15, 0.2) is 71.2 Å². The number of hydrogen-bond acceptors (Lipinski definition) is 4. The number of imide groups is 1. The molecular weight excluding hydrogens is 587 g/mol. The van der Waals surface area contributed by atoms with Crippen molar-refractivity contribution < 1.29 is 14.4 Å². The number of nitrogens with zero attached hydrogens (tertiary/aromatic N) is 2. The molecule has 3 aliphatic heterocycles. The fourth-order valence-corrected chi connectivity index (χ4v) is 6.44. The van der Waals surface area contributed by atoms with E-state index in [1.54, 1.807) is 48.5 Å². The first-order chi connectivity index (χ1) is 17.3. The van der Waals surface area contributed by atoms with E-state index in [0.29, 0.717) is 15.6 Å². The molecule has 0 bridgehead atoms. The van der Waals surface area contributed by atoms with Crippen molar-refractivity contribution in [2.75, 3.05) is 9.80 Å². The van der Waals surface area contributed by atoms with Gasteiger partial charge in [0, 0.05) is 25.8 Å². The second kappa shape index (κ2) is 8.73. The summed E-state index contributed by atoms with van der Waals surface area (Å²) in [5.41, 5.74) is 2.29. The van der Waals surface area contributed by atoms with Gasteiger partial charge in [-0.1, -0.05) is 81.1 Å². The Hall–Kier alpha value is -2.64. The Morgan fingerprint density at radius 3 is 2.19 bits per heavy atom. The lowest BCUT2D eigenvalue weighted by atomic mass is 9.86. The zero-order valence-corrected chi connectivity index (χ0v) is 22.2. The molecule has 3 aromatic rings. The Bertz CT molecular complexity index is 1490. The monoisotopic (exact) mass is 600 g/mol. The van der Waals surface area contributed by atoms with Crippen LogP contribution in [0.2, 0.25) is 15.1 Å².